The van der Waals surface area contributed by atoms with Crippen LogP contribution in [-0.4, -0.2) is 13.1 Å². The molecule has 1 saturated heterocycles. The molecule has 1 N–H and O–H groups in total. The first-order valence-corrected chi connectivity index (χ1v) is 8.52. The second kappa shape index (κ2) is 4.51. The van der Waals surface area contributed by atoms with Crippen LogP contribution in [0.3, 0.4) is 0 Å². The smallest absolute Gasteiger partial charge is 0.00205 e. The van der Waals surface area contributed by atoms with E-state index in [0.29, 0.717) is 0 Å². The van der Waals surface area contributed by atoms with Gasteiger partial charge in [0.2, 0.25) is 0 Å². The summed E-state index contributed by atoms with van der Waals surface area (Å²) >= 11 is 0. The van der Waals surface area contributed by atoms with E-state index in [1.807, 2.05) is 0 Å². The number of hydrogen-bond acceptors (Lipinski definition) is 1. The Morgan fingerprint density at radius 1 is 0.944 bits per heavy atom. The Labute approximate surface area is 112 Å². The van der Waals surface area contributed by atoms with Gasteiger partial charge < -0.3 is 5.32 Å². The summed E-state index contributed by atoms with van der Waals surface area (Å²) in [5.74, 6) is 4.42. The van der Waals surface area contributed by atoms with Gasteiger partial charge in [-0.3, -0.25) is 0 Å². The second-order valence-corrected chi connectivity index (χ2v) is 8.17. The van der Waals surface area contributed by atoms with Gasteiger partial charge in [-0.1, -0.05) is 0 Å². The predicted molar refractivity (Wildman–Crippen MR) is 75.4 cm³/mol. The van der Waals surface area contributed by atoms with E-state index >= 15 is 0 Å². The van der Waals surface area contributed by atoms with E-state index in [2.05, 4.69) is 5.32 Å². The van der Waals surface area contributed by atoms with E-state index in [4.69, 9.17) is 0 Å². The van der Waals surface area contributed by atoms with Gasteiger partial charge in [-0.05, 0) is 106 Å². The number of hydrogen-bond donors (Lipinski definition) is 1. The molecule has 18 heavy (non-hydrogen) atoms. The third-order valence-corrected chi connectivity index (χ3v) is 6.65. The molecule has 0 aromatic carbocycles. The van der Waals surface area contributed by atoms with Crippen molar-refractivity contribution in [2.24, 2.45) is 29.1 Å². The molecule has 4 saturated carbocycles. The third-order valence-electron chi connectivity index (χ3n) is 6.65. The quantitative estimate of drug-likeness (QED) is 0.795. The maximum Gasteiger partial charge on any atom is -0.00205 e. The van der Waals surface area contributed by atoms with Crippen LogP contribution in [0.5, 0.6) is 0 Å². The van der Waals surface area contributed by atoms with Gasteiger partial charge in [-0.25, -0.2) is 0 Å². The van der Waals surface area contributed by atoms with Crippen molar-refractivity contribution in [2.45, 2.75) is 64.2 Å². The maximum absolute atomic E-state index is 3.59. The van der Waals surface area contributed by atoms with Crippen LogP contribution in [-0.2, 0) is 0 Å². The molecule has 0 aromatic heterocycles. The van der Waals surface area contributed by atoms with Crippen LogP contribution in [0.15, 0.2) is 0 Å². The molecule has 1 atom stereocenters. The van der Waals surface area contributed by atoms with E-state index in [1.165, 1.54) is 32.4 Å². The molecule has 1 nitrogen and oxygen atoms in total. The van der Waals surface area contributed by atoms with Crippen molar-refractivity contribution in [3.63, 3.8) is 0 Å². The lowest BCUT2D eigenvalue weighted by molar-refractivity contribution is -0.0603. The minimum Gasteiger partial charge on any atom is -0.316 e. The van der Waals surface area contributed by atoms with Gasteiger partial charge in [-0.2, -0.15) is 0 Å². The average Bonchev–Trinajstić information content (AvgIpc) is 2.36. The van der Waals surface area contributed by atoms with Crippen molar-refractivity contribution in [3.05, 3.63) is 0 Å². The van der Waals surface area contributed by atoms with Crippen molar-refractivity contribution in [2.75, 3.05) is 13.1 Å². The Kier molecular flexibility index (Phi) is 2.94. The van der Waals surface area contributed by atoms with Gasteiger partial charge in [-0.15, -0.1) is 0 Å². The Hall–Kier alpha value is -0.0400. The summed E-state index contributed by atoms with van der Waals surface area (Å²) in [6.45, 7) is 2.58. The zero-order valence-electron chi connectivity index (χ0n) is 11.8. The molecule has 1 unspecified atom stereocenters. The summed E-state index contributed by atoms with van der Waals surface area (Å²) < 4.78 is 0. The minimum atomic E-state index is 0.826. The molecule has 5 aliphatic rings. The molecule has 1 heteroatoms. The molecule has 0 aromatic rings. The van der Waals surface area contributed by atoms with E-state index < -0.39 is 0 Å². The molecule has 1 aliphatic heterocycles. The Morgan fingerprint density at radius 3 is 2.17 bits per heavy atom. The maximum atomic E-state index is 3.59. The summed E-state index contributed by atoms with van der Waals surface area (Å²) in [6.07, 6.45) is 15.7. The topological polar surface area (TPSA) is 12.0 Å². The molecule has 102 valence electrons. The molecular formula is C17H29N. The molecule has 5 rings (SSSR count). The molecule has 0 spiro atoms. The van der Waals surface area contributed by atoms with Crippen LogP contribution in [0.2, 0.25) is 0 Å². The van der Waals surface area contributed by atoms with Gasteiger partial charge in [0, 0.05) is 0 Å². The van der Waals surface area contributed by atoms with Crippen LogP contribution in [0.1, 0.15) is 64.2 Å². The summed E-state index contributed by atoms with van der Waals surface area (Å²) in [5, 5.41) is 3.59. The molecular weight excluding hydrogens is 218 g/mol. The summed E-state index contributed by atoms with van der Waals surface area (Å²) in [7, 11) is 0. The van der Waals surface area contributed by atoms with E-state index in [0.717, 1.165) is 29.1 Å². The van der Waals surface area contributed by atoms with Gasteiger partial charge in [0.25, 0.3) is 0 Å². The first kappa shape index (κ1) is 11.8. The van der Waals surface area contributed by atoms with E-state index in [9.17, 15) is 0 Å². The number of nitrogens with one attached hydrogen (secondary N) is 1. The molecule has 0 amide bonds. The molecule has 4 bridgehead atoms. The van der Waals surface area contributed by atoms with Crippen LogP contribution >= 0.6 is 0 Å². The van der Waals surface area contributed by atoms with E-state index in [1.54, 1.807) is 44.9 Å². The minimum absolute atomic E-state index is 0.826. The normalized spacial score (nSPS) is 50.7. The van der Waals surface area contributed by atoms with Crippen molar-refractivity contribution in [1.82, 2.24) is 5.32 Å². The summed E-state index contributed by atoms with van der Waals surface area (Å²) in [5.41, 5.74) is 0.826. The Bertz CT molecular complexity index is 267. The first-order valence-electron chi connectivity index (χ1n) is 8.52. The Morgan fingerprint density at radius 2 is 1.61 bits per heavy atom. The summed E-state index contributed by atoms with van der Waals surface area (Å²) in [4.78, 5) is 0. The van der Waals surface area contributed by atoms with Crippen molar-refractivity contribution < 1.29 is 0 Å². The second-order valence-electron chi connectivity index (χ2n) is 8.17. The predicted octanol–water partition coefficient (Wildman–Crippen LogP) is 3.98. The first-order chi connectivity index (χ1) is 8.81. The number of rotatable bonds is 3. The highest BCUT2D eigenvalue weighted by molar-refractivity contribution is 5.01. The zero-order chi connectivity index (χ0) is 12.0. The molecule has 4 aliphatic carbocycles. The SMILES string of the molecule is C1CNCC(CCC23CC4CC(CC(C4)C2)C3)C1. The fourth-order valence-electron chi connectivity index (χ4n) is 6.28. The van der Waals surface area contributed by atoms with E-state index in [-0.39, 0.29) is 0 Å². The summed E-state index contributed by atoms with van der Waals surface area (Å²) in [6, 6.07) is 0. The highest BCUT2D eigenvalue weighted by Gasteiger charge is 2.50. The standard InChI is InChI=1S/C17H29N/c1-2-13(12-18-5-1)3-4-17-9-14-6-15(10-17)8-16(7-14)11-17/h13-16,18H,1-12H2. The lowest BCUT2D eigenvalue weighted by Gasteiger charge is -2.57. The lowest BCUT2D eigenvalue weighted by atomic mass is 9.48. The van der Waals surface area contributed by atoms with Crippen molar-refractivity contribution in [1.29, 1.82) is 0 Å². The fraction of sp³-hybridized carbons (Fsp3) is 1.00. The molecule has 5 fully saturated rings. The Balaban J connectivity index is 1.38. The zero-order valence-corrected chi connectivity index (χ0v) is 11.8. The van der Waals surface area contributed by atoms with Gasteiger partial charge in [0.05, 0.1) is 0 Å². The van der Waals surface area contributed by atoms with Crippen molar-refractivity contribution in [3.8, 4) is 0 Å². The number of piperidine rings is 1. The highest BCUT2D eigenvalue weighted by atomic mass is 14.9. The molecule has 1 heterocycles. The van der Waals surface area contributed by atoms with Gasteiger partial charge in [0.15, 0.2) is 0 Å². The monoisotopic (exact) mass is 247 g/mol. The largest absolute Gasteiger partial charge is 0.316 e. The van der Waals surface area contributed by atoms with Crippen LogP contribution < -0.4 is 5.32 Å². The van der Waals surface area contributed by atoms with Crippen LogP contribution in [0.4, 0.5) is 0 Å². The molecule has 0 radical (unpaired) electrons. The highest BCUT2D eigenvalue weighted by Crippen LogP contribution is 2.61. The van der Waals surface area contributed by atoms with Crippen LogP contribution in [0, 0.1) is 29.1 Å². The van der Waals surface area contributed by atoms with Crippen LogP contribution in [0.25, 0.3) is 0 Å². The third kappa shape index (κ3) is 2.13. The lowest BCUT2D eigenvalue weighted by Crippen LogP contribution is -2.46. The average molecular weight is 247 g/mol. The van der Waals surface area contributed by atoms with Crippen molar-refractivity contribution >= 4 is 0 Å². The van der Waals surface area contributed by atoms with Gasteiger partial charge in [0.1, 0.15) is 0 Å². The van der Waals surface area contributed by atoms with Gasteiger partial charge >= 0.3 is 0 Å². The fourth-order valence-corrected chi connectivity index (χ4v) is 6.28.